The minimum Gasteiger partial charge on any atom is -0.409 e. The molecule has 0 bridgehead atoms. The van der Waals surface area contributed by atoms with Gasteiger partial charge in [-0.3, -0.25) is 0 Å². The van der Waals surface area contributed by atoms with Crippen molar-refractivity contribution in [2.45, 2.75) is 26.9 Å². The van der Waals surface area contributed by atoms with Gasteiger partial charge in [0, 0.05) is 24.3 Å². The van der Waals surface area contributed by atoms with Gasteiger partial charge in [0.25, 0.3) is 0 Å². The van der Waals surface area contributed by atoms with Gasteiger partial charge in [-0.2, -0.15) is 13.2 Å². The van der Waals surface area contributed by atoms with Crippen molar-refractivity contribution in [3.8, 4) is 0 Å². The fraction of sp³-hybridized carbons (Fsp3) is 0.500. The average molecular weight is 303 g/mol. The molecule has 0 radical (unpaired) electrons. The van der Waals surface area contributed by atoms with Crippen molar-refractivity contribution >= 4 is 11.5 Å². The van der Waals surface area contributed by atoms with Crippen LogP contribution in [0.15, 0.2) is 23.4 Å². The van der Waals surface area contributed by atoms with E-state index in [2.05, 4.69) is 5.16 Å². The monoisotopic (exact) mass is 303 g/mol. The summed E-state index contributed by atoms with van der Waals surface area (Å²) in [4.78, 5) is 1.86. The Hall–Kier alpha value is -1.92. The molecule has 4 nitrogen and oxygen atoms in total. The molecule has 0 aliphatic rings. The number of oxime groups is 1. The molecular weight excluding hydrogens is 283 g/mol. The van der Waals surface area contributed by atoms with Gasteiger partial charge in [-0.1, -0.05) is 19.0 Å². The summed E-state index contributed by atoms with van der Waals surface area (Å²) in [7, 11) is 0. The first kappa shape index (κ1) is 17.1. The summed E-state index contributed by atoms with van der Waals surface area (Å²) in [5.74, 6) is -0.233. The molecule has 0 heterocycles. The number of rotatable bonds is 5. The first-order valence-electron chi connectivity index (χ1n) is 6.64. The number of benzene rings is 1. The van der Waals surface area contributed by atoms with Gasteiger partial charge >= 0.3 is 6.18 Å². The van der Waals surface area contributed by atoms with E-state index >= 15 is 0 Å². The van der Waals surface area contributed by atoms with Gasteiger partial charge in [0.05, 0.1) is 5.56 Å². The molecule has 0 saturated carbocycles. The third-order valence-corrected chi connectivity index (χ3v) is 3.02. The van der Waals surface area contributed by atoms with Gasteiger partial charge < -0.3 is 15.8 Å². The summed E-state index contributed by atoms with van der Waals surface area (Å²) >= 11 is 0. The molecule has 0 aliphatic heterocycles. The third kappa shape index (κ3) is 4.27. The lowest BCUT2D eigenvalue weighted by Gasteiger charge is -2.26. The lowest BCUT2D eigenvalue weighted by atomic mass is 10.0. The number of anilines is 1. The molecule has 1 aromatic carbocycles. The van der Waals surface area contributed by atoms with Crippen LogP contribution in [-0.4, -0.2) is 24.1 Å². The van der Waals surface area contributed by atoms with Gasteiger partial charge in [0.15, 0.2) is 5.84 Å². The summed E-state index contributed by atoms with van der Waals surface area (Å²) in [6.45, 7) is 7.12. The first-order valence-corrected chi connectivity index (χ1v) is 6.64. The van der Waals surface area contributed by atoms with Crippen molar-refractivity contribution in [2.75, 3.05) is 18.0 Å². The highest BCUT2D eigenvalue weighted by molar-refractivity contribution is 5.99. The number of hydrogen-bond donors (Lipinski definition) is 2. The van der Waals surface area contributed by atoms with Crippen LogP contribution in [0.2, 0.25) is 0 Å². The standard InChI is InChI=1S/C14H20F3N3O/c1-4-20(8-9(2)3)10-5-6-11(13(18)19-21)12(7-10)14(15,16)17/h5-7,9,21H,4,8H2,1-3H3,(H2,18,19). The van der Waals surface area contributed by atoms with Crippen LogP contribution in [0, 0.1) is 5.92 Å². The second-order valence-electron chi connectivity index (χ2n) is 5.15. The van der Waals surface area contributed by atoms with E-state index in [0.717, 1.165) is 6.07 Å². The quantitative estimate of drug-likeness (QED) is 0.380. The number of alkyl halides is 3. The van der Waals surface area contributed by atoms with Crippen molar-refractivity contribution in [1.82, 2.24) is 0 Å². The first-order chi connectivity index (χ1) is 9.70. The van der Waals surface area contributed by atoms with Gasteiger partial charge in [-0.15, -0.1) is 0 Å². The Kier molecular flexibility index (Phi) is 5.46. The summed E-state index contributed by atoms with van der Waals surface area (Å²) < 4.78 is 39.4. The topological polar surface area (TPSA) is 61.8 Å². The summed E-state index contributed by atoms with van der Waals surface area (Å²) in [5.41, 5.74) is 4.55. The Balaban J connectivity index is 3.33. The molecule has 1 aromatic rings. The molecule has 7 heteroatoms. The molecule has 3 N–H and O–H groups in total. The Labute approximate surface area is 122 Å². The smallest absolute Gasteiger partial charge is 0.409 e. The van der Waals surface area contributed by atoms with E-state index in [1.807, 2.05) is 25.7 Å². The van der Waals surface area contributed by atoms with E-state index in [1.165, 1.54) is 6.07 Å². The lowest BCUT2D eigenvalue weighted by Crippen LogP contribution is -2.28. The van der Waals surface area contributed by atoms with E-state index in [-0.39, 0.29) is 5.56 Å². The van der Waals surface area contributed by atoms with Crippen molar-refractivity contribution in [2.24, 2.45) is 16.8 Å². The normalized spacial score (nSPS) is 12.8. The van der Waals surface area contributed by atoms with E-state index in [4.69, 9.17) is 10.9 Å². The second-order valence-corrected chi connectivity index (χ2v) is 5.15. The van der Waals surface area contributed by atoms with Gasteiger partial charge in [-0.05, 0) is 31.0 Å². The third-order valence-electron chi connectivity index (χ3n) is 3.02. The summed E-state index contributed by atoms with van der Waals surface area (Å²) in [6, 6.07) is 3.82. The maximum atomic E-state index is 13.1. The van der Waals surface area contributed by atoms with Crippen LogP contribution in [0.25, 0.3) is 0 Å². The molecule has 0 amide bonds. The van der Waals surface area contributed by atoms with Crippen molar-refractivity contribution in [1.29, 1.82) is 0 Å². The number of nitrogens with zero attached hydrogens (tertiary/aromatic N) is 2. The van der Waals surface area contributed by atoms with Crippen LogP contribution >= 0.6 is 0 Å². The fourth-order valence-corrected chi connectivity index (χ4v) is 2.10. The van der Waals surface area contributed by atoms with Gasteiger partial charge in [0.2, 0.25) is 0 Å². The van der Waals surface area contributed by atoms with Crippen LogP contribution in [0.1, 0.15) is 31.9 Å². The average Bonchev–Trinajstić information content (AvgIpc) is 2.42. The van der Waals surface area contributed by atoms with Crippen molar-refractivity contribution in [3.05, 3.63) is 29.3 Å². The molecule has 0 spiro atoms. The van der Waals surface area contributed by atoms with Crippen LogP contribution in [-0.2, 0) is 6.18 Å². The second kappa shape index (κ2) is 6.69. The Morgan fingerprint density at radius 2 is 2.00 bits per heavy atom. The molecule has 0 saturated heterocycles. The SMILES string of the molecule is CCN(CC(C)C)c1ccc(/C(N)=N/O)c(C(F)(F)F)c1. The molecule has 0 aromatic heterocycles. The number of amidine groups is 1. The number of hydrogen-bond acceptors (Lipinski definition) is 3. The van der Waals surface area contributed by atoms with Crippen LogP contribution in [0.3, 0.4) is 0 Å². The summed E-state index contributed by atoms with van der Waals surface area (Å²) in [6.07, 6.45) is -4.57. The van der Waals surface area contributed by atoms with Gasteiger partial charge in [0.1, 0.15) is 0 Å². The van der Waals surface area contributed by atoms with E-state index in [9.17, 15) is 13.2 Å². The largest absolute Gasteiger partial charge is 0.417 e. The van der Waals surface area contributed by atoms with Crippen LogP contribution in [0.4, 0.5) is 18.9 Å². The predicted octanol–water partition coefficient (Wildman–Crippen LogP) is 3.28. The van der Waals surface area contributed by atoms with Crippen LogP contribution < -0.4 is 10.6 Å². The molecule has 0 atom stereocenters. The molecule has 21 heavy (non-hydrogen) atoms. The van der Waals surface area contributed by atoms with Crippen molar-refractivity contribution in [3.63, 3.8) is 0 Å². The predicted molar refractivity (Wildman–Crippen MR) is 76.7 cm³/mol. The molecule has 1 rings (SSSR count). The maximum Gasteiger partial charge on any atom is 0.417 e. The van der Waals surface area contributed by atoms with E-state index in [1.54, 1.807) is 6.07 Å². The minimum atomic E-state index is -4.57. The molecule has 0 fully saturated rings. The maximum absolute atomic E-state index is 13.1. The lowest BCUT2D eigenvalue weighted by molar-refractivity contribution is -0.137. The van der Waals surface area contributed by atoms with E-state index in [0.29, 0.717) is 24.7 Å². The Morgan fingerprint density at radius 3 is 2.43 bits per heavy atom. The number of nitrogens with two attached hydrogens (primary N) is 1. The zero-order valence-corrected chi connectivity index (χ0v) is 12.3. The summed E-state index contributed by atoms with van der Waals surface area (Å²) in [5, 5.41) is 11.3. The number of halogens is 3. The molecule has 0 unspecified atom stereocenters. The van der Waals surface area contributed by atoms with E-state index < -0.39 is 17.6 Å². The van der Waals surface area contributed by atoms with Crippen molar-refractivity contribution < 1.29 is 18.4 Å². The fourth-order valence-electron chi connectivity index (χ4n) is 2.10. The van der Waals surface area contributed by atoms with Crippen LogP contribution in [0.5, 0.6) is 0 Å². The zero-order chi connectivity index (χ0) is 16.2. The Bertz CT molecular complexity index is 513. The minimum absolute atomic E-state index is 0.322. The highest BCUT2D eigenvalue weighted by Crippen LogP contribution is 2.34. The molecule has 0 aliphatic carbocycles. The van der Waals surface area contributed by atoms with Gasteiger partial charge in [-0.25, -0.2) is 0 Å². The zero-order valence-electron chi connectivity index (χ0n) is 12.3. The highest BCUT2D eigenvalue weighted by Gasteiger charge is 2.35. The molecular formula is C14H20F3N3O. The Morgan fingerprint density at radius 1 is 1.38 bits per heavy atom. The highest BCUT2D eigenvalue weighted by atomic mass is 19.4. The molecule has 118 valence electrons.